The molecule has 0 radical (unpaired) electrons. The number of aliphatic hydroxyl groups excluding tert-OH is 1. The number of aliphatic carboxylic acids is 1. The third-order valence-corrected chi connectivity index (χ3v) is 4.63. The summed E-state index contributed by atoms with van der Waals surface area (Å²) >= 11 is 0. The number of nitrogens with one attached hydrogen (secondary N) is 3. The average molecular weight is 403 g/mol. The van der Waals surface area contributed by atoms with E-state index in [2.05, 4.69) is 24.8 Å². The standard InChI is InChI=1S/C13H21N7O6S/c1-7(21)11(13(22)23)20-27(24,25)17-5-10-18-12(19-26-10)9(14)3-2-8-4-15-6-16-8/h4,6-7,9,11,17,20-21H,2-3,5,14H2,1H3,(H,15,16)(H,22,23)/t7?,9-,11-/m0/s1. The lowest BCUT2D eigenvalue weighted by Crippen LogP contribution is -2.51. The van der Waals surface area contributed by atoms with Gasteiger partial charge in [-0.25, -0.2) is 4.98 Å². The predicted molar refractivity (Wildman–Crippen MR) is 90.1 cm³/mol. The zero-order valence-corrected chi connectivity index (χ0v) is 15.2. The molecule has 0 aromatic carbocycles. The number of nitrogens with two attached hydrogens (primary N) is 1. The Balaban J connectivity index is 1.88. The minimum absolute atomic E-state index is 0.0451. The molecule has 0 saturated carbocycles. The van der Waals surface area contributed by atoms with Crippen molar-refractivity contribution in [3.8, 4) is 0 Å². The van der Waals surface area contributed by atoms with E-state index < -0.39 is 34.4 Å². The van der Waals surface area contributed by atoms with Gasteiger partial charge in [0.1, 0.15) is 6.04 Å². The van der Waals surface area contributed by atoms with E-state index in [-0.39, 0.29) is 18.3 Å². The minimum Gasteiger partial charge on any atom is -0.480 e. The van der Waals surface area contributed by atoms with Crippen molar-refractivity contribution >= 4 is 16.2 Å². The third kappa shape index (κ3) is 6.37. The van der Waals surface area contributed by atoms with E-state index in [9.17, 15) is 18.3 Å². The highest BCUT2D eigenvalue weighted by atomic mass is 32.2. The summed E-state index contributed by atoms with van der Waals surface area (Å²) in [5, 5.41) is 21.9. The number of hydrogen-bond donors (Lipinski definition) is 6. The van der Waals surface area contributed by atoms with Gasteiger partial charge < -0.3 is 25.5 Å². The lowest BCUT2D eigenvalue weighted by atomic mass is 10.1. The monoisotopic (exact) mass is 403 g/mol. The SMILES string of the molecule is CC(O)[C@H](NS(=O)(=O)NCc1nc([C@@H](N)CCc2cnc[nH]2)no1)C(=O)O. The first-order valence-electron chi connectivity index (χ1n) is 7.91. The highest BCUT2D eigenvalue weighted by molar-refractivity contribution is 7.87. The largest absolute Gasteiger partial charge is 0.480 e. The molecule has 2 heterocycles. The number of carbonyl (C=O) groups is 1. The molecule has 1 unspecified atom stereocenters. The number of aromatic amines is 1. The van der Waals surface area contributed by atoms with Crippen molar-refractivity contribution in [1.82, 2.24) is 29.6 Å². The maximum absolute atomic E-state index is 11.9. The van der Waals surface area contributed by atoms with Gasteiger partial charge in [0.15, 0.2) is 5.82 Å². The molecule has 3 atom stereocenters. The van der Waals surface area contributed by atoms with Gasteiger partial charge in [0.25, 0.3) is 10.2 Å². The Morgan fingerprint density at radius 1 is 1.48 bits per heavy atom. The number of carboxylic acids is 1. The fourth-order valence-corrected chi connectivity index (χ4v) is 3.10. The Kier molecular flexibility index (Phi) is 6.98. The number of nitrogens with zero attached hydrogens (tertiary/aromatic N) is 3. The average Bonchev–Trinajstić information content (AvgIpc) is 3.27. The van der Waals surface area contributed by atoms with Gasteiger partial charge in [0, 0.05) is 11.9 Å². The van der Waals surface area contributed by atoms with Crippen LogP contribution in [0.3, 0.4) is 0 Å². The van der Waals surface area contributed by atoms with Crippen LogP contribution in [0.25, 0.3) is 0 Å². The van der Waals surface area contributed by atoms with Crippen molar-refractivity contribution < 1.29 is 27.9 Å². The fraction of sp³-hybridized carbons (Fsp3) is 0.538. The first-order chi connectivity index (χ1) is 12.7. The van der Waals surface area contributed by atoms with Crippen molar-refractivity contribution in [2.75, 3.05) is 0 Å². The van der Waals surface area contributed by atoms with Crippen molar-refractivity contribution in [2.45, 2.75) is 44.5 Å². The van der Waals surface area contributed by atoms with Gasteiger partial charge in [-0.1, -0.05) is 5.16 Å². The second-order valence-corrected chi connectivity index (χ2v) is 7.30. The number of aryl methyl sites for hydroxylation is 1. The normalized spacial score (nSPS) is 15.4. The van der Waals surface area contributed by atoms with Crippen LogP contribution >= 0.6 is 0 Å². The molecule has 0 spiro atoms. The summed E-state index contributed by atoms with van der Waals surface area (Å²) in [6.45, 7) is 0.776. The summed E-state index contributed by atoms with van der Waals surface area (Å²) in [5.41, 5.74) is 6.88. The highest BCUT2D eigenvalue weighted by Crippen LogP contribution is 2.13. The summed E-state index contributed by atoms with van der Waals surface area (Å²) < 4.78 is 32.6. The molecular weight excluding hydrogens is 382 g/mol. The molecule has 0 aliphatic carbocycles. The van der Waals surface area contributed by atoms with Gasteiger partial charge in [-0.2, -0.15) is 22.8 Å². The first kappa shape index (κ1) is 20.9. The lowest BCUT2D eigenvalue weighted by molar-refractivity contribution is -0.141. The zero-order valence-electron chi connectivity index (χ0n) is 14.4. The molecule has 0 fully saturated rings. The summed E-state index contributed by atoms with van der Waals surface area (Å²) in [6.07, 6.45) is 2.94. The van der Waals surface area contributed by atoms with E-state index >= 15 is 0 Å². The van der Waals surface area contributed by atoms with Crippen molar-refractivity contribution in [3.05, 3.63) is 29.9 Å². The van der Waals surface area contributed by atoms with E-state index in [1.54, 1.807) is 12.5 Å². The van der Waals surface area contributed by atoms with Crippen LogP contribution in [0.5, 0.6) is 0 Å². The molecule has 0 bridgehead atoms. The molecule has 0 amide bonds. The molecule has 150 valence electrons. The maximum atomic E-state index is 11.9. The minimum atomic E-state index is -4.23. The molecule has 13 nitrogen and oxygen atoms in total. The van der Waals surface area contributed by atoms with Crippen LogP contribution in [0.1, 0.15) is 36.8 Å². The Morgan fingerprint density at radius 3 is 2.81 bits per heavy atom. The second kappa shape index (κ2) is 9.01. The Labute approximate surface area is 154 Å². The Bertz CT molecular complexity index is 835. The van der Waals surface area contributed by atoms with Crippen LogP contribution in [-0.4, -0.2) is 56.9 Å². The van der Waals surface area contributed by atoms with Crippen LogP contribution in [0.4, 0.5) is 0 Å². The number of hydrogen-bond acceptors (Lipinski definition) is 9. The second-order valence-electron chi connectivity index (χ2n) is 5.77. The highest BCUT2D eigenvalue weighted by Gasteiger charge is 2.28. The number of imidazole rings is 1. The van der Waals surface area contributed by atoms with E-state index in [1.807, 2.05) is 4.72 Å². The van der Waals surface area contributed by atoms with Crippen LogP contribution < -0.4 is 15.2 Å². The number of aliphatic hydroxyl groups is 1. The summed E-state index contributed by atoms with van der Waals surface area (Å²) in [7, 11) is -4.23. The Morgan fingerprint density at radius 2 is 2.22 bits per heavy atom. The molecular formula is C13H21N7O6S. The van der Waals surface area contributed by atoms with Gasteiger partial charge in [-0.3, -0.25) is 4.79 Å². The van der Waals surface area contributed by atoms with Crippen molar-refractivity contribution in [2.24, 2.45) is 5.73 Å². The molecule has 0 aliphatic heterocycles. The van der Waals surface area contributed by atoms with Crippen molar-refractivity contribution in [3.63, 3.8) is 0 Å². The first-order valence-corrected chi connectivity index (χ1v) is 9.39. The summed E-state index contributed by atoms with van der Waals surface area (Å²) in [4.78, 5) is 21.8. The zero-order chi connectivity index (χ0) is 20.0. The van der Waals surface area contributed by atoms with Crippen LogP contribution in [0, 0.1) is 0 Å². The molecule has 27 heavy (non-hydrogen) atoms. The van der Waals surface area contributed by atoms with Crippen LogP contribution in [0.2, 0.25) is 0 Å². The van der Waals surface area contributed by atoms with Gasteiger partial charge in [-0.05, 0) is 19.8 Å². The van der Waals surface area contributed by atoms with Gasteiger partial charge in [-0.15, -0.1) is 0 Å². The van der Waals surface area contributed by atoms with E-state index in [0.29, 0.717) is 12.8 Å². The molecule has 7 N–H and O–H groups in total. The van der Waals surface area contributed by atoms with Crippen LogP contribution in [-0.2, 0) is 28.0 Å². The maximum Gasteiger partial charge on any atom is 0.324 e. The molecule has 0 aliphatic rings. The fourth-order valence-electron chi connectivity index (χ4n) is 2.07. The quantitative estimate of drug-likeness (QED) is 0.247. The van der Waals surface area contributed by atoms with E-state index in [4.69, 9.17) is 15.4 Å². The van der Waals surface area contributed by atoms with Gasteiger partial charge in [0.05, 0.1) is 25.0 Å². The van der Waals surface area contributed by atoms with Crippen molar-refractivity contribution in [1.29, 1.82) is 0 Å². The molecule has 0 saturated heterocycles. The van der Waals surface area contributed by atoms with E-state index in [1.165, 1.54) is 0 Å². The Hall–Kier alpha value is -2.39. The smallest absolute Gasteiger partial charge is 0.324 e. The number of rotatable bonds is 11. The molecule has 2 aromatic heterocycles. The summed E-state index contributed by atoms with van der Waals surface area (Å²) in [5.74, 6) is -1.35. The third-order valence-electron chi connectivity index (χ3n) is 3.54. The molecule has 2 aromatic rings. The summed E-state index contributed by atoms with van der Waals surface area (Å²) in [6, 6.07) is -2.22. The number of H-pyrrole nitrogens is 1. The predicted octanol–water partition coefficient (Wildman–Crippen LogP) is -1.82. The lowest BCUT2D eigenvalue weighted by Gasteiger charge is -2.16. The van der Waals surface area contributed by atoms with Crippen LogP contribution in [0.15, 0.2) is 17.0 Å². The van der Waals surface area contributed by atoms with E-state index in [0.717, 1.165) is 12.6 Å². The number of carboxylic acid groups (broad SMARTS) is 1. The number of aromatic nitrogens is 4. The topological polar surface area (TPSA) is 209 Å². The molecule has 14 heteroatoms. The molecule has 2 rings (SSSR count). The van der Waals surface area contributed by atoms with Gasteiger partial charge in [0.2, 0.25) is 5.89 Å². The van der Waals surface area contributed by atoms with Gasteiger partial charge >= 0.3 is 5.97 Å².